The summed E-state index contributed by atoms with van der Waals surface area (Å²) in [7, 11) is 0. The average molecular weight is 281 g/mol. The molecule has 0 spiro atoms. The average Bonchev–Trinajstić information content (AvgIpc) is 3.06. The SMILES string of the molecule is CC1CC2CNCC2N1C(=O)c1cccc2ncccc12. The first-order valence-electron chi connectivity index (χ1n) is 7.63. The summed E-state index contributed by atoms with van der Waals surface area (Å²) in [4.78, 5) is 19.5. The molecule has 2 aromatic rings. The molecule has 2 saturated heterocycles. The first-order valence-corrected chi connectivity index (χ1v) is 7.63. The third-order valence-corrected chi connectivity index (χ3v) is 4.89. The number of hydrogen-bond acceptors (Lipinski definition) is 3. The predicted molar refractivity (Wildman–Crippen MR) is 82.1 cm³/mol. The second kappa shape index (κ2) is 4.81. The maximum absolute atomic E-state index is 13.1. The maximum atomic E-state index is 13.1. The Morgan fingerprint density at radius 3 is 3.10 bits per heavy atom. The van der Waals surface area contributed by atoms with Crippen LogP contribution < -0.4 is 5.32 Å². The molecule has 1 amide bonds. The van der Waals surface area contributed by atoms with Crippen molar-refractivity contribution in [3.63, 3.8) is 0 Å². The lowest BCUT2D eigenvalue weighted by Gasteiger charge is -2.28. The van der Waals surface area contributed by atoms with E-state index >= 15 is 0 Å². The van der Waals surface area contributed by atoms with Crippen LogP contribution in [0.15, 0.2) is 36.5 Å². The Morgan fingerprint density at radius 1 is 1.29 bits per heavy atom. The number of likely N-dealkylation sites (tertiary alicyclic amines) is 1. The molecule has 2 aliphatic rings. The molecule has 0 radical (unpaired) electrons. The molecule has 0 aliphatic carbocycles. The maximum Gasteiger partial charge on any atom is 0.255 e. The number of fused-ring (bicyclic) bond motifs is 2. The number of rotatable bonds is 1. The topological polar surface area (TPSA) is 45.2 Å². The van der Waals surface area contributed by atoms with Crippen molar-refractivity contribution in [1.82, 2.24) is 15.2 Å². The number of nitrogens with one attached hydrogen (secondary N) is 1. The van der Waals surface area contributed by atoms with Crippen LogP contribution in [0.5, 0.6) is 0 Å². The van der Waals surface area contributed by atoms with Crippen molar-refractivity contribution in [1.29, 1.82) is 0 Å². The van der Waals surface area contributed by atoms with Crippen molar-refractivity contribution in [2.45, 2.75) is 25.4 Å². The molecule has 108 valence electrons. The third kappa shape index (κ3) is 1.94. The van der Waals surface area contributed by atoms with Gasteiger partial charge in [0.25, 0.3) is 5.91 Å². The molecule has 0 bridgehead atoms. The molecule has 0 saturated carbocycles. The normalized spacial score (nSPS) is 28.0. The lowest BCUT2D eigenvalue weighted by atomic mass is 10.0. The van der Waals surface area contributed by atoms with Gasteiger partial charge >= 0.3 is 0 Å². The molecule has 1 aromatic carbocycles. The lowest BCUT2D eigenvalue weighted by Crippen LogP contribution is -2.42. The van der Waals surface area contributed by atoms with Gasteiger partial charge in [-0.1, -0.05) is 12.1 Å². The molecular formula is C17H19N3O. The molecule has 4 rings (SSSR count). The molecule has 2 aliphatic heterocycles. The quantitative estimate of drug-likeness (QED) is 0.870. The van der Waals surface area contributed by atoms with E-state index in [1.165, 1.54) is 0 Å². The van der Waals surface area contributed by atoms with Crippen LogP contribution in [0.25, 0.3) is 10.9 Å². The van der Waals surface area contributed by atoms with Gasteiger partial charge in [-0.05, 0) is 37.5 Å². The predicted octanol–water partition coefficient (Wildman–Crippen LogP) is 2.06. The number of hydrogen-bond donors (Lipinski definition) is 1. The Kier molecular flexibility index (Phi) is 2.93. The van der Waals surface area contributed by atoms with Gasteiger partial charge in [-0.15, -0.1) is 0 Å². The summed E-state index contributed by atoms with van der Waals surface area (Å²) in [5.41, 5.74) is 1.66. The second-order valence-corrected chi connectivity index (χ2v) is 6.16. The molecular weight excluding hydrogens is 262 g/mol. The van der Waals surface area contributed by atoms with Crippen LogP contribution in [-0.4, -0.2) is 41.0 Å². The standard InChI is InChI=1S/C17H19N3O/c1-11-8-12-9-18-10-16(12)20(11)17(21)14-4-2-6-15-13(14)5-3-7-19-15/h2-7,11-12,16,18H,8-10H2,1H3. The largest absolute Gasteiger partial charge is 0.331 e. The minimum atomic E-state index is 0.150. The van der Waals surface area contributed by atoms with Crippen LogP contribution in [-0.2, 0) is 0 Å². The fourth-order valence-electron chi connectivity index (χ4n) is 3.94. The molecule has 3 unspecified atom stereocenters. The zero-order valence-electron chi connectivity index (χ0n) is 12.1. The van der Waals surface area contributed by atoms with Crippen LogP contribution in [0.2, 0.25) is 0 Å². The zero-order chi connectivity index (χ0) is 14.4. The van der Waals surface area contributed by atoms with Gasteiger partial charge in [0.05, 0.1) is 5.52 Å². The van der Waals surface area contributed by atoms with Gasteiger partial charge in [-0.2, -0.15) is 0 Å². The van der Waals surface area contributed by atoms with Gasteiger partial charge in [0.15, 0.2) is 0 Å². The van der Waals surface area contributed by atoms with E-state index < -0.39 is 0 Å². The van der Waals surface area contributed by atoms with Crippen LogP contribution in [0.4, 0.5) is 0 Å². The Balaban J connectivity index is 1.76. The number of amides is 1. The number of carbonyl (C=O) groups is 1. The van der Waals surface area contributed by atoms with Crippen LogP contribution in [0.1, 0.15) is 23.7 Å². The van der Waals surface area contributed by atoms with E-state index in [0.29, 0.717) is 18.0 Å². The second-order valence-electron chi connectivity index (χ2n) is 6.16. The molecule has 3 heterocycles. The fourth-order valence-corrected chi connectivity index (χ4v) is 3.94. The fraction of sp³-hybridized carbons (Fsp3) is 0.412. The van der Waals surface area contributed by atoms with Crippen molar-refractivity contribution in [2.24, 2.45) is 5.92 Å². The number of nitrogens with zero attached hydrogens (tertiary/aromatic N) is 2. The van der Waals surface area contributed by atoms with Gasteiger partial charge in [-0.25, -0.2) is 0 Å². The van der Waals surface area contributed by atoms with Crippen molar-refractivity contribution in [3.8, 4) is 0 Å². The van der Waals surface area contributed by atoms with Gasteiger partial charge < -0.3 is 10.2 Å². The van der Waals surface area contributed by atoms with E-state index in [9.17, 15) is 4.79 Å². The molecule has 1 aromatic heterocycles. The summed E-state index contributed by atoms with van der Waals surface area (Å²) in [6, 6.07) is 10.4. The smallest absolute Gasteiger partial charge is 0.255 e. The number of aromatic nitrogens is 1. The number of carbonyl (C=O) groups excluding carboxylic acids is 1. The summed E-state index contributed by atoms with van der Waals surface area (Å²) < 4.78 is 0. The highest BCUT2D eigenvalue weighted by Crippen LogP contribution is 2.34. The summed E-state index contributed by atoms with van der Waals surface area (Å²) in [5, 5.41) is 4.36. The van der Waals surface area contributed by atoms with Gasteiger partial charge in [0.1, 0.15) is 0 Å². The summed E-state index contributed by atoms with van der Waals surface area (Å²) >= 11 is 0. The van der Waals surface area contributed by atoms with Crippen molar-refractivity contribution < 1.29 is 4.79 Å². The highest BCUT2D eigenvalue weighted by atomic mass is 16.2. The first kappa shape index (κ1) is 12.8. The van der Waals surface area contributed by atoms with E-state index in [1.807, 2.05) is 30.3 Å². The molecule has 4 nitrogen and oxygen atoms in total. The van der Waals surface area contributed by atoms with E-state index in [1.54, 1.807) is 6.20 Å². The van der Waals surface area contributed by atoms with E-state index in [4.69, 9.17) is 0 Å². The third-order valence-electron chi connectivity index (χ3n) is 4.89. The van der Waals surface area contributed by atoms with Gasteiger partial charge in [-0.3, -0.25) is 9.78 Å². The van der Waals surface area contributed by atoms with Crippen molar-refractivity contribution in [3.05, 3.63) is 42.1 Å². The molecule has 4 heteroatoms. The summed E-state index contributed by atoms with van der Waals surface area (Å²) in [6.07, 6.45) is 2.87. The Hall–Kier alpha value is -1.94. The molecule has 1 N–H and O–H groups in total. The molecule has 2 fully saturated rings. The van der Waals surface area contributed by atoms with Crippen LogP contribution in [0.3, 0.4) is 0 Å². The van der Waals surface area contributed by atoms with E-state index in [-0.39, 0.29) is 5.91 Å². The highest BCUT2D eigenvalue weighted by molar-refractivity contribution is 6.06. The molecule has 3 atom stereocenters. The number of pyridine rings is 1. The van der Waals surface area contributed by atoms with Gasteiger partial charge in [0.2, 0.25) is 0 Å². The van der Waals surface area contributed by atoms with E-state index in [2.05, 4.69) is 22.1 Å². The summed E-state index contributed by atoms with van der Waals surface area (Å²) in [5.74, 6) is 0.759. The summed E-state index contributed by atoms with van der Waals surface area (Å²) in [6.45, 7) is 4.12. The van der Waals surface area contributed by atoms with Gasteiger partial charge in [0, 0.05) is 42.3 Å². The van der Waals surface area contributed by atoms with Crippen LogP contribution >= 0.6 is 0 Å². The van der Waals surface area contributed by atoms with E-state index in [0.717, 1.165) is 36.0 Å². The van der Waals surface area contributed by atoms with Crippen molar-refractivity contribution in [2.75, 3.05) is 13.1 Å². The number of benzene rings is 1. The Morgan fingerprint density at radius 2 is 2.19 bits per heavy atom. The van der Waals surface area contributed by atoms with Crippen molar-refractivity contribution >= 4 is 16.8 Å². The van der Waals surface area contributed by atoms with Crippen LogP contribution in [0, 0.1) is 5.92 Å². The molecule has 21 heavy (non-hydrogen) atoms. The highest BCUT2D eigenvalue weighted by Gasteiger charge is 2.44. The Labute approximate surface area is 124 Å². The lowest BCUT2D eigenvalue weighted by molar-refractivity contribution is 0.0684. The Bertz CT molecular complexity index is 694. The monoisotopic (exact) mass is 281 g/mol. The minimum absolute atomic E-state index is 0.150. The minimum Gasteiger partial charge on any atom is -0.331 e. The first-order chi connectivity index (χ1) is 10.3. The zero-order valence-corrected chi connectivity index (χ0v) is 12.1.